The molecule has 26 heavy (non-hydrogen) atoms. The van der Waals surface area contributed by atoms with Crippen LogP contribution >= 0.6 is 0 Å². The molecular weight excluding hydrogens is 330 g/mol. The summed E-state index contributed by atoms with van der Waals surface area (Å²) >= 11 is 0. The molecule has 0 aromatic heterocycles. The molecule has 1 aliphatic heterocycles. The predicted molar refractivity (Wildman–Crippen MR) is 108 cm³/mol. The highest BCUT2D eigenvalue weighted by atomic mass is 16.5. The molecule has 1 saturated heterocycles. The highest BCUT2D eigenvalue weighted by Gasteiger charge is 2.22. The van der Waals surface area contributed by atoms with Crippen LogP contribution in [0, 0.1) is 5.92 Å². The Bertz CT molecular complexity index is 407. The molecule has 0 aromatic carbocycles. The van der Waals surface area contributed by atoms with Crippen LogP contribution < -0.4 is 16.0 Å². The monoisotopic (exact) mass is 369 g/mol. The second-order valence-corrected chi connectivity index (χ2v) is 7.18. The molecule has 152 valence electrons. The summed E-state index contributed by atoms with van der Waals surface area (Å²) in [5.74, 6) is 1.18. The van der Waals surface area contributed by atoms with Crippen LogP contribution in [0.2, 0.25) is 0 Å². The second kappa shape index (κ2) is 13.8. The highest BCUT2D eigenvalue weighted by molar-refractivity contribution is 5.84. The van der Waals surface area contributed by atoms with E-state index in [9.17, 15) is 4.79 Å². The first-order chi connectivity index (χ1) is 12.6. The van der Waals surface area contributed by atoms with Gasteiger partial charge in [0.1, 0.15) is 6.54 Å². The van der Waals surface area contributed by atoms with E-state index in [2.05, 4.69) is 39.7 Å². The topological polar surface area (TPSA) is 78.0 Å². The van der Waals surface area contributed by atoms with E-state index >= 15 is 0 Å². The van der Waals surface area contributed by atoms with Gasteiger partial charge in [-0.3, -0.25) is 9.69 Å². The van der Waals surface area contributed by atoms with E-state index in [0.717, 1.165) is 13.1 Å². The third-order valence-electron chi connectivity index (χ3n) is 4.71. The number of likely N-dealkylation sites (tertiary alicyclic amines) is 1. The maximum absolute atomic E-state index is 11.8. The molecule has 3 N–H and O–H groups in total. The fourth-order valence-electron chi connectivity index (χ4n) is 3.26. The van der Waals surface area contributed by atoms with Crippen LogP contribution in [0.5, 0.6) is 0 Å². The summed E-state index contributed by atoms with van der Waals surface area (Å²) in [4.78, 5) is 18.8. The third-order valence-corrected chi connectivity index (χ3v) is 4.71. The predicted octanol–water partition coefficient (Wildman–Crippen LogP) is 1.20. The van der Waals surface area contributed by atoms with Gasteiger partial charge < -0.3 is 20.7 Å². The average Bonchev–Trinajstić information content (AvgIpc) is 2.89. The number of hydrogen-bond acceptors (Lipinski definition) is 4. The van der Waals surface area contributed by atoms with Gasteiger partial charge in [0, 0.05) is 32.8 Å². The van der Waals surface area contributed by atoms with Crippen LogP contribution in [0.4, 0.5) is 0 Å². The minimum atomic E-state index is -0.0906. The standard InChI is InChI=1S/C19H39N5O2/c1-5-20-19(23-15-18(25)21-10-13-26-4)22-14-17(16(2)3)24-11-8-6-7-9-12-24/h16-17H,5-15H2,1-4H3,(H,21,25)(H2,20,22,23). The first-order valence-corrected chi connectivity index (χ1v) is 10.1. The van der Waals surface area contributed by atoms with Gasteiger partial charge in [-0.15, -0.1) is 0 Å². The van der Waals surface area contributed by atoms with Gasteiger partial charge in [0.25, 0.3) is 0 Å². The molecule has 0 aliphatic carbocycles. The summed E-state index contributed by atoms with van der Waals surface area (Å²) in [7, 11) is 1.62. The molecule has 1 unspecified atom stereocenters. The Morgan fingerprint density at radius 2 is 1.81 bits per heavy atom. The normalized spacial score (nSPS) is 17.7. The van der Waals surface area contributed by atoms with Gasteiger partial charge in [0.15, 0.2) is 5.96 Å². The maximum Gasteiger partial charge on any atom is 0.241 e. The van der Waals surface area contributed by atoms with Crippen molar-refractivity contribution in [3.05, 3.63) is 0 Å². The van der Waals surface area contributed by atoms with Gasteiger partial charge in [-0.2, -0.15) is 0 Å². The van der Waals surface area contributed by atoms with Crippen molar-refractivity contribution < 1.29 is 9.53 Å². The lowest BCUT2D eigenvalue weighted by Gasteiger charge is -2.34. The van der Waals surface area contributed by atoms with Crippen molar-refractivity contribution in [2.45, 2.75) is 52.5 Å². The third kappa shape index (κ3) is 9.38. The summed E-state index contributed by atoms with van der Waals surface area (Å²) in [6, 6.07) is 0.479. The molecule has 1 amide bonds. The minimum absolute atomic E-state index is 0.0906. The van der Waals surface area contributed by atoms with Crippen LogP contribution in [-0.2, 0) is 9.53 Å². The van der Waals surface area contributed by atoms with Gasteiger partial charge in [-0.25, -0.2) is 4.99 Å². The summed E-state index contributed by atoms with van der Waals surface area (Å²) in [5, 5.41) is 9.45. The Kier molecular flexibility index (Phi) is 12.1. The largest absolute Gasteiger partial charge is 0.383 e. The van der Waals surface area contributed by atoms with Gasteiger partial charge >= 0.3 is 0 Å². The molecule has 0 saturated carbocycles. The van der Waals surface area contributed by atoms with Crippen molar-refractivity contribution >= 4 is 11.9 Å². The number of rotatable bonds is 10. The van der Waals surface area contributed by atoms with Crippen LogP contribution in [-0.4, -0.2) is 75.8 Å². The molecule has 7 heteroatoms. The number of guanidine groups is 1. The summed E-state index contributed by atoms with van der Waals surface area (Å²) in [5.41, 5.74) is 0. The number of nitrogens with one attached hydrogen (secondary N) is 3. The SMILES string of the molecule is CCNC(=NCC(=O)NCCOC)NCC(C(C)C)N1CCCCCC1. The highest BCUT2D eigenvalue weighted by Crippen LogP contribution is 2.17. The van der Waals surface area contributed by atoms with Crippen molar-refractivity contribution in [1.82, 2.24) is 20.9 Å². The fraction of sp³-hybridized carbons (Fsp3) is 0.895. The molecular formula is C19H39N5O2. The van der Waals surface area contributed by atoms with Gasteiger partial charge in [-0.05, 0) is 38.8 Å². The number of carbonyl (C=O) groups is 1. The van der Waals surface area contributed by atoms with E-state index in [0.29, 0.717) is 31.1 Å². The molecule has 1 rings (SSSR count). The zero-order valence-corrected chi connectivity index (χ0v) is 17.1. The van der Waals surface area contributed by atoms with E-state index < -0.39 is 0 Å². The number of aliphatic imine (C=N–C) groups is 1. The minimum Gasteiger partial charge on any atom is -0.383 e. The summed E-state index contributed by atoms with van der Waals surface area (Å²) in [6.45, 7) is 11.7. The zero-order valence-electron chi connectivity index (χ0n) is 17.1. The lowest BCUT2D eigenvalue weighted by molar-refractivity contribution is -0.119. The van der Waals surface area contributed by atoms with Gasteiger partial charge in [-0.1, -0.05) is 26.7 Å². The van der Waals surface area contributed by atoms with E-state index in [-0.39, 0.29) is 12.5 Å². The van der Waals surface area contributed by atoms with Crippen LogP contribution in [0.3, 0.4) is 0 Å². The number of carbonyl (C=O) groups excluding carboxylic acids is 1. The Hall–Kier alpha value is -1.34. The van der Waals surface area contributed by atoms with E-state index in [1.54, 1.807) is 7.11 Å². The molecule has 1 atom stereocenters. The number of ether oxygens (including phenoxy) is 1. The number of methoxy groups -OCH3 is 1. The molecule has 0 spiro atoms. The van der Waals surface area contributed by atoms with Crippen LogP contribution in [0.15, 0.2) is 4.99 Å². The van der Waals surface area contributed by atoms with Gasteiger partial charge in [0.05, 0.1) is 6.61 Å². The number of nitrogens with zero attached hydrogens (tertiary/aromatic N) is 2. The Morgan fingerprint density at radius 3 is 2.38 bits per heavy atom. The van der Waals surface area contributed by atoms with E-state index in [1.807, 2.05) is 6.92 Å². The van der Waals surface area contributed by atoms with E-state index in [4.69, 9.17) is 4.74 Å². The lowest BCUT2D eigenvalue weighted by Crippen LogP contribution is -2.50. The zero-order chi connectivity index (χ0) is 19.2. The van der Waals surface area contributed by atoms with Crippen molar-refractivity contribution in [2.24, 2.45) is 10.9 Å². The Labute approximate surface area is 159 Å². The first kappa shape index (κ1) is 22.7. The quantitative estimate of drug-likeness (QED) is 0.306. The smallest absolute Gasteiger partial charge is 0.241 e. The van der Waals surface area contributed by atoms with Crippen molar-refractivity contribution in [2.75, 3.05) is 53.0 Å². The molecule has 0 bridgehead atoms. The van der Waals surface area contributed by atoms with Crippen LogP contribution in [0.1, 0.15) is 46.5 Å². The number of amides is 1. The number of hydrogen-bond donors (Lipinski definition) is 3. The van der Waals surface area contributed by atoms with Crippen molar-refractivity contribution in [1.29, 1.82) is 0 Å². The molecule has 7 nitrogen and oxygen atoms in total. The fourth-order valence-corrected chi connectivity index (χ4v) is 3.26. The molecule has 0 radical (unpaired) electrons. The second-order valence-electron chi connectivity index (χ2n) is 7.18. The van der Waals surface area contributed by atoms with Crippen molar-refractivity contribution in [3.63, 3.8) is 0 Å². The van der Waals surface area contributed by atoms with Gasteiger partial charge in [0.2, 0.25) is 5.91 Å². The van der Waals surface area contributed by atoms with Crippen molar-refractivity contribution in [3.8, 4) is 0 Å². The molecule has 1 heterocycles. The maximum atomic E-state index is 11.8. The average molecular weight is 370 g/mol. The lowest BCUT2D eigenvalue weighted by atomic mass is 10.0. The molecule has 0 aromatic rings. The van der Waals surface area contributed by atoms with E-state index in [1.165, 1.54) is 38.8 Å². The summed E-state index contributed by atoms with van der Waals surface area (Å²) < 4.78 is 4.93. The molecule has 1 fully saturated rings. The molecule has 1 aliphatic rings. The first-order valence-electron chi connectivity index (χ1n) is 10.1. The Balaban J connectivity index is 2.54. The Morgan fingerprint density at radius 1 is 1.12 bits per heavy atom. The summed E-state index contributed by atoms with van der Waals surface area (Å²) in [6.07, 6.45) is 5.27. The van der Waals surface area contributed by atoms with Crippen LogP contribution in [0.25, 0.3) is 0 Å².